The summed E-state index contributed by atoms with van der Waals surface area (Å²) in [5, 5.41) is 11.6. The predicted octanol–water partition coefficient (Wildman–Crippen LogP) is 1.16. The van der Waals surface area contributed by atoms with Crippen LogP contribution in [0.5, 0.6) is 5.75 Å². The van der Waals surface area contributed by atoms with Crippen LogP contribution in [0.2, 0.25) is 0 Å². The van der Waals surface area contributed by atoms with E-state index in [4.69, 9.17) is 10.00 Å². The summed E-state index contributed by atoms with van der Waals surface area (Å²) in [6, 6.07) is 14.7. The van der Waals surface area contributed by atoms with Gasteiger partial charge in [-0.1, -0.05) is 24.3 Å². The van der Waals surface area contributed by atoms with E-state index in [9.17, 15) is 13.2 Å². The van der Waals surface area contributed by atoms with Crippen molar-refractivity contribution in [3.8, 4) is 11.8 Å². The molecule has 0 aromatic heterocycles. The maximum Gasteiger partial charge on any atom is 0.242 e. The molecule has 0 aliphatic carbocycles. The van der Waals surface area contributed by atoms with Crippen molar-refractivity contribution in [2.24, 2.45) is 0 Å². The highest BCUT2D eigenvalue weighted by Crippen LogP contribution is 2.14. The quantitative estimate of drug-likeness (QED) is 0.771. The zero-order valence-electron chi connectivity index (χ0n) is 13.5. The Morgan fingerprint density at radius 3 is 2.48 bits per heavy atom. The molecule has 25 heavy (non-hydrogen) atoms. The number of carbonyl (C=O) groups excluding carboxylic acids is 1. The van der Waals surface area contributed by atoms with Crippen molar-refractivity contribution in [1.82, 2.24) is 10.0 Å². The summed E-state index contributed by atoms with van der Waals surface area (Å²) in [4.78, 5) is 11.7. The third kappa shape index (κ3) is 5.04. The third-order valence-electron chi connectivity index (χ3n) is 3.37. The normalized spacial score (nSPS) is 10.7. The molecule has 0 fully saturated rings. The molecule has 0 spiro atoms. The van der Waals surface area contributed by atoms with Gasteiger partial charge in [0.2, 0.25) is 15.9 Å². The highest BCUT2D eigenvalue weighted by atomic mass is 32.2. The first-order valence-corrected chi connectivity index (χ1v) is 8.83. The number of ether oxygens (including phenoxy) is 1. The SMILES string of the molecule is COc1ccc(CNC(=O)CNS(=O)(=O)c2ccccc2C#N)cc1. The van der Waals surface area contributed by atoms with Crippen LogP contribution >= 0.6 is 0 Å². The van der Waals surface area contributed by atoms with E-state index in [0.717, 1.165) is 5.56 Å². The van der Waals surface area contributed by atoms with Crippen LogP contribution in [0, 0.1) is 11.3 Å². The van der Waals surface area contributed by atoms with Gasteiger partial charge in [-0.05, 0) is 29.8 Å². The number of hydrogen-bond acceptors (Lipinski definition) is 5. The number of methoxy groups -OCH3 is 1. The first-order chi connectivity index (χ1) is 12.0. The molecule has 2 aromatic carbocycles. The topological polar surface area (TPSA) is 108 Å². The molecule has 0 saturated carbocycles. The number of amides is 1. The van der Waals surface area contributed by atoms with Crippen molar-refractivity contribution in [3.05, 3.63) is 59.7 Å². The Morgan fingerprint density at radius 1 is 1.16 bits per heavy atom. The van der Waals surface area contributed by atoms with Crippen LogP contribution in [-0.4, -0.2) is 28.0 Å². The molecule has 0 atom stereocenters. The molecule has 130 valence electrons. The van der Waals surface area contributed by atoms with Crippen LogP contribution in [0.25, 0.3) is 0 Å². The van der Waals surface area contributed by atoms with Crippen LogP contribution < -0.4 is 14.8 Å². The van der Waals surface area contributed by atoms with E-state index < -0.39 is 22.5 Å². The van der Waals surface area contributed by atoms with Gasteiger partial charge in [-0.15, -0.1) is 0 Å². The van der Waals surface area contributed by atoms with Crippen LogP contribution in [-0.2, 0) is 21.4 Å². The Labute approximate surface area is 146 Å². The minimum absolute atomic E-state index is 0.0219. The van der Waals surface area contributed by atoms with Gasteiger partial charge in [-0.3, -0.25) is 4.79 Å². The van der Waals surface area contributed by atoms with Gasteiger partial charge in [0.15, 0.2) is 0 Å². The number of nitriles is 1. The molecule has 0 bridgehead atoms. The molecular weight excluding hydrogens is 342 g/mol. The van der Waals surface area contributed by atoms with Crippen molar-refractivity contribution in [2.45, 2.75) is 11.4 Å². The molecule has 2 aromatic rings. The van der Waals surface area contributed by atoms with E-state index in [2.05, 4.69) is 10.0 Å². The van der Waals surface area contributed by atoms with E-state index in [-0.39, 0.29) is 17.0 Å². The second kappa shape index (κ2) is 8.28. The second-order valence-corrected chi connectivity index (χ2v) is 6.79. The number of hydrogen-bond donors (Lipinski definition) is 2. The summed E-state index contributed by atoms with van der Waals surface area (Å²) < 4.78 is 31.6. The summed E-state index contributed by atoms with van der Waals surface area (Å²) in [5.74, 6) is 0.229. The smallest absolute Gasteiger partial charge is 0.242 e. The average Bonchev–Trinajstić information content (AvgIpc) is 2.65. The number of nitrogens with one attached hydrogen (secondary N) is 2. The minimum atomic E-state index is -3.94. The lowest BCUT2D eigenvalue weighted by molar-refractivity contribution is -0.120. The Kier molecular flexibility index (Phi) is 6.11. The first-order valence-electron chi connectivity index (χ1n) is 7.34. The minimum Gasteiger partial charge on any atom is -0.497 e. The molecule has 0 unspecified atom stereocenters. The van der Waals surface area contributed by atoms with Crippen molar-refractivity contribution >= 4 is 15.9 Å². The molecular formula is C17H17N3O4S. The maximum atomic E-state index is 12.2. The van der Waals surface area contributed by atoms with Crippen LogP contribution in [0.3, 0.4) is 0 Å². The number of carbonyl (C=O) groups is 1. The molecule has 0 radical (unpaired) electrons. The Hall–Kier alpha value is -2.89. The number of nitrogens with zero attached hydrogens (tertiary/aromatic N) is 1. The summed E-state index contributed by atoms with van der Waals surface area (Å²) in [7, 11) is -2.38. The summed E-state index contributed by atoms with van der Waals surface area (Å²) in [6.07, 6.45) is 0. The molecule has 8 heteroatoms. The van der Waals surface area contributed by atoms with Gasteiger partial charge < -0.3 is 10.1 Å². The first kappa shape index (κ1) is 18.4. The number of benzene rings is 2. The van der Waals surface area contributed by atoms with E-state index >= 15 is 0 Å². The molecule has 2 N–H and O–H groups in total. The lowest BCUT2D eigenvalue weighted by Gasteiger charge is -2.09. The fourth-order valence-electron chi connectivity index (χ4n) is 2.04. The van der Waals surface area contributed by atoms with E-state index in [0.29, 0.717) is 5.75 Å². The lowest BCUT2D eigenvalue weighted by Crippen LogP contribution is -2.36. The molecule has 0 heterocycles. The van der Waals surface area contributed by atoms with Crippen molar-refractivity contribution in [1.29, 1.82) is 5.26 Å². The second-order valence-electron chi connectivity index (χ2n) is 5.06. The maximum absolute atomic E-state index is 12.2. The van der Waals surface area contributed by atoms with Crippen molar-refractivity contribution in [3.63, 3.8) is 0 Å². The molecule has 0 aliphatic rings. The van der Waals surface area contributed by atoms with Gasteiger partial charge in [-0.2, -0.15) is 5.26 Å². The third-order valence-corrected chi connectivity index (χ3v) is 4.83. The highest BCUT2D eigenvalue weighted by Gasteiger charge is 2.18. The van der Waals surface area contributed by atoms with Crippen LogP contribution in [0.1, 0.15) is 11.1 Å². The van der Waals surface area contributed by atoms with Gasteiger partial charge in [0.25, 0.3) is 0 Å². The number of rotatable bonds is 7. The standard InChI is InChI=1S/C17H17N3O4S/c1-24-15-8-6-13(7-9-15)11-19-17(21)12-20-25(22,23)16-5-3-2-4-14(16)10-18/h2-9,20H,11-12H2,1H3,(H,19,21). The molecule has 2 rings (SSSR count). The van der Waals surface area contributed by atoms with E-state index in [1.165, 1.54) is 18.2 Å². The van der Waals surface area contributed by atoms with Gasteiger partial charge in [0, 0.05) is 6.54 Å². The largest absolute Gasteiger partial charge is 0.497 e. The number of sulfonamides is 1. The Morgan fingerprint density at radius 2 is 1.84 bits per heavy atom. The van der Waals surface area contributed by atoms with E-state index in [1.807, 2.05) is 6.07 Å². The van der Waals surface area contributed by atoms with Gasteiger partial charge in [0.1, 0.15) is 11.8 Å². The zero-order chi connectivity index (χ0) is 18.3. The Balaban J connectivity index is 1.91. The monoisotopic (exact) mass is 359 g/mol. The van der Waals surface area contributed by atoms with Crippen molar-refractivity contribution < 1.29 is 17.9 Å². The lowest BCUT2D eigenvalue weighted by atomic mass is 10.2. The van der Waals surface area contributed by atoms with Gasteiger partial charge in [0.05, 0.1) is 24.1 Å². The van der Waals surface area contributed by atoms with E-state index in [1.54, 1.807) is 37.4 Å². The van der Waals surface area contributed by atoms with Crippen LogP contribution in [0.15, 0.2) is 53.4 Å². The molecule has 1 amide bonds. The van der Waals surface area contributed by atoms with Gasteiger partial charge in [-0.25, -0.2) is 13.1 Å². The summed E-state index contributed by atoms with van der Waals surface area (Å²) in [5.41, 5.74) is 0.875. The summed E-state index contributed by atoms with van der Waals surface area (Å²) >= 11 is 0. The molecule has 7 nitrogen and oxygen atoms in total. The predicted molar refractivity (Wildman–Crippen MR) is 91.2 cm³/mol. The zero-order valence-corrected chi connectivity index (χ0v) is 14.3. The highest BCUT2D eigenvalue weighted by molar-refractivity contribution is 7.89. The van der Waals surface area contributed by atoms with Crippen LogP contribution in [0.4, 0.5) is 0 Å². The fourth-order valence-corrected chi connectivity index (χ4v) is 3.18. The molecule has 0 aliphatic heterocycles. The van der Waals surface area contributed by atoms with Gasteiger partial charge >= 0.3 is 0 Å². The summed E-state index contributed by atoms with van der Waals surface area (Å²) in [6.45, 7) is -0.155. The average molecular weight is 359 g/mol. The Bertz CT molecular complexity index is 887. The fraction of sp³-hybridized carbons (Fsp3) is 0.176. The van der Waals surface area contributed by atoms with Crippen molar-refractivity contribution in [2.75, 3.05) is 13.7 Å². The molecule has 0 saturated heterocycles.